The lowest BCUT2D eigenvalue weighted by molar-refractivity contribution is 0.525. The summed E-state index contributed by atoms with van der Waals surface area (Å²) in [4.78, 5) is 0. The molecule has 0 aromatic heterocycles. The molecule has 2 aromatic rings. The SMILES string of the molecule is Cc1cc(F)ccc1C(Cc1cc(Cl)ccc1F)NN. The molecule has 0 spiro atoms. The van der Waals surface area contributed by atoms with E-state index in [1.807, 2.05) is 0 Å². The minimum atomic E-state index is -0.339. The van der Waals surface area contributed by atoms with E-state index in [4.69, 9.17) is 17.4 Å². The molecule has 20 heavy (non-hydrogen) atoms. The Kier molecular flexibility index (Phi) is 4.70. The highest BCUT2D eigenvalue weighted by atomic mass is 35.5. The molecule has 0 saturated heterocycles. The average molecular weight is 297 g/mol. The molecule has 1 unspecified atom stereocenters. The number of rotatable bonds is 4. The fourth-order valence-electron chi connectivity index (χ4n) is 2.21. The fraction of sp³-hybridized carbons (Fsp3) is 0.200. The van der Waals surface area contributed by atoms with E-state index in [1.54, 1.807) is 19.1 Å². The Bertz CT molecular complexity index is 617. The molecule has 2 nitrogen and oxygen atoms in total. The van der Waals surface area contributed by atoms with E-state index in [0.717, 1.165) is 11.1 Å². The van der Waals surface area contributed by atoms with E-state index < -0.39 is 0 Å². The van der Waals surface area contributed by atoms with Gasteiger partial charge in [-0.3, -0.25) is 11.3 Å². The summed E-state index contributed by atoms with van der Waals surface area (Å²) >= 11 is 5.87. The van der Waals surface area contributed by atoms with Crippen LogP contribution in [0.4, 0.5) is 8.78 Å². The van der Waals surface area contributed by atoms with E-state index in [-0.39, 0.29) is 17.7 Å². The molecule has 3 N–H and O–H groups in total. The van der Waals surface area contributed by atoms with Crippen LogP contribution in [-0.2, 0) is 6.42 Å². The maximum absolute atomic E-state index is 13.8. The van der Waals surface area contributed by atoms with Crippen molar-refractivity contribution in [1.82, 2.24) is 5.43 Å². The lowest BCUT2D eigenvalue weighted by Crippen LogP contribution is -2.30. The van der Waals surface area contributed by atoms with Crippen molar-refractivity contribution < 1.29 is 8.78 Å². The summed E-state index contributed by atoms with van der Waals surface area (Å²) < 4.78 is 26.9. The summed E-state index contributed by atoms with van der Waals surface area (Å²) in [5, 5.41) is 0.466. The van der Waals surface area contributed by atoms with Crippen molar-refractivity contribution in [3.63, 3.8) is 0 Å². The maximum atomic E-state index is 13.8. The van der Waals surface area contributed by atoms with Crippen LogP contribution in [0, 0.1) is 18.6 Å². The Morgan fingerprint density at radius 2 is 1.95 bits per heavy atom. The summed E-state index contributed by atoms with van der Waals surface area (Å²) in [7, 11) is 0. The lowest BCUT2D eigenvalue weighted by Gasteiger charge is -2.19. The Morgan fingerprint density at radius 3 is 2.60 bits per heavy atom. The molecule has 0 heterocycles. The standard InChI is InChI=1S/C15H15ClF2N2/c1-9-6-12(17)3-4-13(9)15(20-19)8-10-7-11(16)2-5-14(10)18/h2-7,15,20H,8,19H2,1H3. The average Bonchev–Trinajstić information content (AvgIpc) is 2.40. The highest BCUT2D eigenvalue weighted by Gasteiger charge is 2.16. The number of hydrogen-bond acceptors (Lipinski definition) is 2. The van der Waals surface area contributed by atoms with Crippen LogP contribution in [0.3, 0.4) is 0 Å². The number of benzene rings is 2. The van der Waals surface area contributed by atoms with Crippen molar-refractivity contribution in [1.29, 1.82) is 0 Å². The van der Waals surface area contributed by atoms with E-state index in [0.29, 0.717) is 17.0 Å². The molecule has 2 aromatic carbocycles. The van der Waals surface area contributed by atoms with Gasteiger partial charge in [-0.2, -0.15) is 0 Å². The first-order valence-corrected chi connectivity index (χ1v) is 6.55. The minimum absolute atomic E-state index is 0.309. The maximum Gasteiger partial charge on any atom is 0.126 e. The normalized spacial score (nSPS) is 12.4. The largest absolute Gasteiger partial charge is 0.271 e. The molecule has 0 amide bonds. The second-order valence-corrected chi connectivity index (χ2v) is 5.10. The van der Waals surface area contributed by atoms with Crippen molar-refractivity contribution in [3.05, 3.63) is 69.7 Å². The molecule has 2 rings (SSSR count). The summed E-state index contributed by atoms with van der Waals surface area (Å²) in [6.45, 7) is 1.79. The van der Waals surface area contributed by atoms with Gasteiger partial charge in [0.25, 0.3) is 0 Å². The van der Waals surface area contributed by atoms with E-state index in [1.165, 1.54) is 24.3 Å². The van der Waals surface area contributed by atoms with Gasteiger partial charge in [0.05, 0.1) is 6.04 Å². The van der Waals surface area contributed by atoms with Gasteiger partial charge in [-0.05, 0) is 60.4 Å². The summed E-state index contributed by atoms with van der Waals surface area (Å²) in [6.07, 6.45) is 0.329. The Balaban J connectivity index is 2.31. The molecule has 0 fully saturated rings. The first kappa shape index (κ1) is 14.9. The molecule has 0 aliphatic rings. The molecule has 0 aliphatic carbocycles. The summed E-state index contributed by atoms with van der Waals surface area (Å²) in [6, 6.07) is 8.51. The first-order chi connectivity index (χ1) is 9.51. The zero-order valence-corrected chi connectivity index (χ0v) is 11.7. The highest BCUT2D eigenvalue weighted by molar-refractivity contribution is 6.30. The number of hydrogen-bond donors (Lipinski definition) is 2. The van der Waals surface area contributed by atoms with Crippen LogP contribution >= 0.6 is 11.6 Å². The van der Waals surface area contributed by atoms with Crippen molar-refractivity contribution >= 4 is 11.6 Å². The zero-order chi connectivity index (χ0) is 14.7. The number of nitrogens with two attached hydrogens (primary N) is 1. The topological polar surface area (TPSA) is 38.0 Å². The molecule has 1 atom stereocenters. The summed E-state index contributed by atoms with van der Waals surface area (Å²) in [5.74, 6) is 4.90. The minimum Gasteiger partial charge on any atom is -0.271 e. The molecular formula is C15H15ClF2N2. The van der Waals surface area contributed by atoms with E-state index >= 15 is 0 Å². The molecular weight excluding hydrogens is 282 g/mol. The number of aryl methyl sites for hydroxylation is 1. The van der Waals surface area contributed by atoms with Crippen LogP contribution in [0.1, 0.15) is 22.7 Å². The third-order valence-corrected chi connectivity index (χ3v) is 3.48. The van der Waals surface area contributed by atoms with Gasteiger partial charge in [-0.15, -0.1) is 0 Å². The van der Waals surface area contributed by atoms with Gasteiger partial charge in [0, 0.05) is 5.02 Å². The Hall–Kier alpha value is -1.49. The summed E-state index contributed by atoms with van der Waals surface area (Å²) in [5.41, 5.74) is 4.69. The van der Waals surface area contributed by atoms with Crippen LogP contribution in [0.15, 0.2) is 36.4 Å². The van der Waals surface area contributed by atoms with Crippen LogP contribution in [0.25, 0.3) is 0 Å². The molecule has 0 aliphatic heterocycles. The molecule has 0 saturated carbocycles. The third kappa shape index (κ3) is 3.33. The predicted octanol–water partition coefficient (Wildman–Crippen LogP) is 3.67. The van der Waals surface area contributed by atoms with Crippen molar-refractivity contribution in [2.24, 2.45) is 5.84 Å². The van der Waals surface area contributed by atoms with Gasteiger partial charge in [-0.1, -0.05) is 17.7 Å². The number of halogens is 3. The molecule has 106 valence electrons. The molecule has 0 radical (unpaired) electrons. The second kappa shape index (κ2) is 6.31. The second-order valence-electron chi connectivity index (χ2n) is 4.66. The van der Waals surface area contributed by atoms with Gasteiger partial charge in [0.2, 0.25) is 0 Å². The quantitative estimate of drug-likeness (QED) is 0.667. The highest BCUT2D eigenvalue weighted by Crippen LogP contribution is 2.24. The number of hydrazine groups is 1. The van der Waals surface area contributed by atoms with Crippen LogP contribution in [0.5, 0.6) is 0 Å². The van der Waals surface area contributed by atoms with Crippen molar-refractivity contribution in [3.8, 4) is 0 Å². The monoisotopic (exact) mass is 296 g/mol. The first-order valence-electron chi connectivity index (χ1n) is 6.17. The predicted molar refractivity (Wildman–Crippen MR) is 76.3 cm³/mol. The molecule has 0 bridgehead atoms. The molecule has 5 heteroatoms. The Morgan fingerprint density at radius 1 is 1.20 bits per heavy atom. The zero-order valence-electron chi connectivity index (χ0n) is 11.0. The van der Waals surface area contributed by atoms with Gasteiger partial charge in [0.1, 0.15) is 11.6 Å². The van der Waals surface area contributed by atoms with Crippen LogP contribution in [0.2, 0.25) is 5.02 Å². The van der Waals surface area contributed by atoms with Gasteiger partial charge in [0.15, 0.2) is 0 Å². The lowest BCUT2D eigenvalue weighted by atomic mass is 9.95. The van der Waals surface area contributed by atoms with Crippen LogP contribution in [-0.4, -0.2) is 0 Å². The van der Waals surface area contributed by atoms with Gasteiger partial charge in [-0.25, -0.2) is 8.78 Å². The third-order valence-electron chi connectivity index (χ3n) is 3.24. The Labute approximate surface area is 121 Å². The van der Waals surface area contributed by atoms with Crippen molar-refractivity contribution in [2.45, 2.75) is 19.4 Å². The fourth-order valence-corrected chi connectivity index (χ4v) is 2.40. The smallest absolute Gasteiger partial charge is 0.126 e. The van der Waals surface area contributed by atoms with Gasteiger partial charge >= 0.3 is 0 Å². The van der Waals surface area contributed by atoms with E-state index in [2.05, 4.69) is 5.43 Å². The van der Waals surface area contributed by atoms with E-state index in [9.17, 15) is 8.78 Å². The van der Waals surface area contributed by atoms with Crippen molar-refractivity contribution in [2.75, 3.05) is 0 Å². The van der Waals surface area contributed by atoms with Gasteiger partial charge < -0.3 is 0 Å². The number of nitrogens with one attached hydrogen (secondary N) is 1. The van der Waals surface area contributed by atoms with Crippen LogP contribution < -0.4 is 11.3 Å².